The summed E-state index contributed by atoms with van der Waals surface area (Å²) < 4.78 is 1.70. The van der Waals surface area contributed by atoms with E-state index in [4.69, 9.17) is 0 Å². The number of rotatable bonds is 4. The smallest absolute Gasteiger partial charge is 0.319 e. The number of anilines is 1. The first-order chi connectivity index (χ1) is 11.1. The summed E-state index contributed by atoms with van der Waals surface area (Å²) in [5, 5.41) is 20.1. The van der Waals surface area contributed by atoms with Gasteiger partial charge in [0.1, 0.15) is 0 Å². The van der Waals surface area contributed by atoms with Crippen molar-refractivity contribution in [3.05, 3.63) is 42.7 Å². The van der Waals surface area contributed by atoms with Crippen LogP contribution < -0.4 is 10.6 Å². The molecule has 0 atom stereocenters. The summed E-state index contributed by atoms with van der Waals surface area (Å²) >= 11 is 0. The highest BCUT2D eigenvalue weighted by molar-refractivity contribution is 5.88. The zero-order valence-electron chi connectivity index (χ0n) is 13.0. The maximum Gasteiger partial charge on any atom is 0.319 e. The van der Waals surface area contributed by atoms with Gasteiger partial charge in [0.25, 0.3) is 0 Å². The van der Waals surface area contributed by atoms with E-state index < -0.39 is 5.60 Å². The molecule has 6 nitrogen and oxygen atoms in total. The lowest BCUT2D eigenvalue weighted by molar-refractivity contribution is 0.00755. The van der Waals surface area contributed by atoms with Crippen molar-refractivity contribution in [2.75, 3.05) is 11.9 Å². The largest absolute Gasteiger partial charge is 0.388 e. The number of aromatic nitrogens is 2. The molecule has 23 heavy (non-hydrogen) atoms. The molecular weight excluding hydrogens is 292 g/mol. The van der Waals surface area contributed by atoms with E-state index >= 15 is 0 Å². The van der Waals surface area contributed by atoms with Gasteiger partial charge < -0.3 is 15.7 Å². The summed E-state index contributed by atoms with van der Waals surface area (Å²) in [6, 6.07) is 9.36. The minimum absolute atomic E-state index is 0.283. The second kappa shape index (κ2) is 6.83. The van der Waals surface area contributed by atoms with Crippen molar-refractivity contribution in [2.45, 2.75) is 37.7 Å². The first-order valence-electron chi connectivity index (χ1n) is 8.02. The number of hydrogen-bond acceptors (Lipinski definition) is 3. The molecule has 122 valence electrons. The van der Waals surface area contributed by atoms with Gasteiger partial charge in [-0.15, -0.1) is 0 Å². The van der Waals surface area contributed by atoms with Gasteiger partial charge in [-0.25, -0.2) is 9.48 Å². The summed E-state index contributed by atoms with van der Waals surface area (Å²) in [7, 11) is 0. The molecule has 0 radical (unpaired) electrons. The molecule has 1 heterocycles. The third kappa shape index (κ3) is 4.10. The third-order valence-corrected chi connectivity index (χ3v) is 4.22. The van der Waals surface area contributed by atoms with Crippen LogP contribution in [-0.2, 0) is 0 Å². The zero-order valence-corrected chi connectivity index (χ0v) is 13.0. The van der Waals surface area contributed by atoms with E-state index in [0.717, 1.165) is 37.8 Å². The number of nitrogens with zero attached hydrogens (tertiary/aromatic N) is 2. The van der Waals surface area contributed by atoms with Gasteiger partial charge in [0.15, 0.2) is 0 Å². The molecule has 1 aromatic heterocycles. The van der Waals surface area contributed by atoms with Crippen LogP contribution in [0.4, 0.5) is 10.5 Å². The van der Waals surface area contributed by atoms with Crippen molar-refractivity contribution in [2.24, 2.45) is 0 Å². The Bertz CT molecular complexity index is 648. The zero-order chi connectivity index (χ0) is 16.1. The van der Waals surface area contributed by atoms with Gasteiger partial charge in [0, 0.05) is 6.54 Å². The highest BCUT2D eigenvalue weighted by atomic mass is 16.3. The number of aliphatic hydroxyl groups is 1. The van der Waals surface area contributed by atoms with Crippen molar-refractivity contribution in [3.63, 3.8) is 0 Å². The lowest BCUT2D eigenvalue weighted by atomic mass is 9.85. The van der Waals surface area contributed by atoms with Crippen LogP contribution >= 0.6 is 0 Å². The van der Waals surface area contributed by atoms with Crippen molar-refractivity contribution >= 4 is 11.7 Å². The number of benzene rings is 1. The third-order valence-electron chi connectivity index (χ3n) is 4.22. The molecule has 0 bridgehead atoms. The quantitative estimate of drug-likeness (QED) is 0.812. The van der Waals surface area contributed by atoms with E-state index in [-0.39, 0.29) is 12.6 Å². The Hall–Kier alpha value is -2.34. The monoisotopic (exact) mass is 314 g/mol. The lowest BCUT2D eigenvalue weighted by Gasteiger charge is -2.32. The standard InChI is InChI=1S/C17H22N4O2/c22-16(18-13-17(23)9-5-2-6-10-17)20-14-11-19-21(12-14)15-7-3-1-4-8-15/h1,3-4,7-8,11-12,23H,2,5-6,9-10,13H2,(H2,18,20,22). The van der Waals surface area contributed by atoms with Crippen LogP contribution in [0.2, 0.25) is 0 Å². The molecule has 1 aromatic carbocycles. The van der Waals surface area contributed by atoms with Gasteiger partial charge in [0.2, 0.25) is 0 Å². The van der Waals surface area contributed by atoms with Crippen molar-refractivity contribution in [1.82, 2.24) is 15.1 Å². The van der Waals surface area contributed by atoms with Crippen LogP contribution in [0, 0.1) is 0 Å². The normalized spacial score (nSPS) is 16.7. The highest BCUT2D eigenvalue weighted by Crippen LogP contribution is 2.27. The molecule has 1 saturated carbocycles. The molecule has 3 N–H and O–H groups in total. The molecule has 3 rings (SSSR count). The summed E-state index contributed by atoms with van der Waals surface area (Å²) in [6.45, 7) is 0.283. The first-order valence-corrected chi connectivity index (χ1v) is 8.02. The molecule has 1 aliphatic rings. The Kier molecular flexibility index (Phi) is 4.62. The summed E-state index contributed by atoms with van der Waals surface area (Å²) in [4.78, 5) is 12.0. The molecule has 1 aliphatic carbocycles. The molecule has 0 unspecified atom stereocenters. The van der Waals surface area contributed by atoms with Crippen LogP contribution in [0.5, 0.6) is 0 Å². The van der Waals surface area contributed by atoms with Crippen LogP contribution in [0.1, 0.15) is 32.1 Å². The number of hydrogen-bond donors (Lipinski definition) is 3. The molecular formula is C17H22N4O2. The van der Waals surface area contributed by atoms with E-state index in [1.807, 2.05) is 30.3 Å². The minimum atomic E-state index is -0.760. The predicted molar refractivity (Wildman–Crippen MR) is 88.6 cm³/mol. The Labute approximate surface area is 135 Å². The van der Waals surface area contributed by atoms with Gasteiger partial charge in [-0.2, -0.15) is 5.10 Å². The fourth-order valence-corrected chi connectivity index (χ4v) is 2.92. The van der Waals surface area contributed by atoms with E-state index in [1.54, 1.807) is 17.1 Å². The lowest BCUT2D eigenvalue weighted by Crippen LogP contribution is -2.45. The average molecular weight is 314 g/mol. The van der Waals surface area contributed by atoms with E-state index in [1.165, 1.54) is 0 Å². The fourth-order valence-electron chi connectivity index (χ4n) is 2.92. The van der Waals surface area contributed by atoms with Gasteiger partial charge in [-0.05, 0) is 25.0 Å². The molecule has 2 aromatic rings. The number of carbonyl (C=O) groups excluding carboxylic acids is 1. The van der Waals surface area contributed by atoms with E-state index in [0.29, 0.717) is 5.69 Å². The van der Waals surface area contributed by atoms with Crippen molar-refractivity contribution < 1.29 is 9.90 Å². The highest BCUT2D eigenvalue weighted by Gasteiger charge is 2.29. The number of nitrogens with one attached hydrogen (secondary N) is 2. The number of urea groups is 1. The molecule has 0 aliphatic heterocycles. The molecule has 0 spiro atoms. The van der Waals surface area contributed by atoms with Crippen molar-refractivity contribution in [1.29, 1.82) is 0 Å². The van der Waals surface area contributed by atoms with Crippen LogP contribution in [0.25, 0.3) is 5.69 Å². The second-order valence-corrected chi connectivity index (χ2v) is 6.10. The van der Waals surface area contributed by atoms with E-state index in [2.05, 4.69) is 15.7 Å². The summed E-state index contributed by atoms with van der Waals surface area (Å²) in [5.41, 5.74) is 0.781. The maximum absolute atomic E-state index is 12.0. The van der Waals surface area contributed by atoms with Crippen LogP contribution in [0.15, 0.2) is 42.7 Å². The van der Waals surface area contributed by atoms with Gasteiger partial charge >= 0.3 is 6.03 Å². The summed E-state index contributed by atoms with van der Waals surface area (Å²) in [6.07, 6.45) is 8.05. The van der Waals surface area contributed by atoms with Crippen molar-refractivity contribution in [3.8, 4) is 5.69 Å². The Morgan fingerprint density at radius 3 is 2.70 bits per heavy atom. The molecule has 0 saturated heterocycles. The Balaban J connectivity index is 1.53. The molecule has 2 amide bonds. The van der Waals surface area contributed by atoms with Crippen LogP contribution in [-0.4, -0.2) is 33.1 Å². The summed E-state index contributed by atoms with van der Waals surface area (Å²) in [5.74, 6) is 0. The van der Waals surface area contributed by atoms with Gasteiger partial charge in [-0.3, -0.25) is 0 Å². The Morgan fingerprint density at radius 2 is 1.96 bits per heavy atom. The average Bonchev–Trinajstić information content (AvgIpc) is 3.03. The minimum Gasteiger partial charge on any atom is -0.388 e. The Morgan fingerprint density at radius 1 is 1.22 bits per heavy atom. The topological polar surface area (TPSA) is 79.2 Å². The fraction of sp³-hybridized carbons (Fsp3) is 0.412. The van der Waals surface area contributed by atoms with Gasteiger partial charge in [0.05, 0.1) is 29.4 Å². The maximum atomic E-state index is 12.0. The number of carbonyl (C=O) groups is 1. The SMILES string of the molecule is O=C(NCC1(O)CCCCC1)Nc1cnn(-c2ccccc2)c1. The predicted octanol–water partition coefficient (Wildman–Crippen LogP) is 2.69. The second-order valence-electron chi connectivity index (χ2n) is 6.10. The van der Waals surface area contributed by atoms with Crippen LogP contribution in [0.3, 0.4) is 0 Å². The number of amides is 2. The van der Waals surface area contributed by atoms with E-state index in [9.17, 15) is 9.90 Å². The van der Waals surface area contributed by atoms with Gasteiger partial charge in [-0.1, -0.05) is 37.5 Å². The first kappa shape index (κ1) is 15.6. The number of para-hydroxylation sites is 1. The molecule has 6 heteroatoms. The molecule has 1 fully saturated rings.